The Morgan fingerprint density at radius 1 is 1.27 bits per heavy atom. The minimum absolute atomic E-state index is 0.115. The van der Waals surface area contributed by atoms with Crippen LogP contribution < -0.4 is 0 Å². The fraction of sp³-hybridized carbons (Fsp3) is 0.176. The topological polar surface area (TPSA) is 52.9 Å². The minimum atomic E-state index is -0.149. The maximum atomic E-state index is 11.9. The lowest BCUT2D eigenvalue weighted by molar-refractivity contribution is -0.130. The van der Waals surface area contributed by atoms with Gasteiger partial charge in [0.25, 0.3) is 0 Å². The number of phenols is 1. The van der Waals surface area contributed by atoms with Crippen LogP contribution >= 0.6 is 15.9 Å². The van der Waals surface area contributed by atoms with Gasteiger partial charge in [0.1, 0.15) is 5.75 Å². The lowest BCUT2D eigenvalue weighted by Crippen LogP contribution is -2.24. The molecule has 0 saturated heterocycles. The molecule has 0 saturated carbocycles. The van der Waals surface area contributed by atoms with E-state index in [1.165, 1.54) is 11.9 Å². The van der Waals surface area contributed by atoms with Gasteiger partial charge in [-0.3, -0.25) is 4.79 Å². The van der Waals surface area contributed by atoms with Gasteiger partial charge < -0.3 is 5.11 Å². The number of hydrogen-bond acceptors (Lipinski definition) is 3. The highest BCUT2D eigenvalue weighted by Crippen LogP contribution is 2.35. The Labute approximate surface area is 137 Å². The molecular formula is C17H15BrN2O2. The van der Waals surface area contributed by atoms with Gasteiger partial charge in [-0.05, 0) is 29.8 Å². The SMILES string of the molecule is CC(=O)N1N=C(c2ccccc2O)CC1c1cccc(Br)c1. The number of carbonyl (C=O) groups excluding carboxylic acids is 1. The fourth-order valence-corrected chi connectivity index (χ4v) is 3.07. The first-order chi connectivity index (χ1) is 10.6. The number of phenolic OH excluding ortho intramolecular Hbond substituents is 1. The van der Waals surface area contributed by atoms with Crippen LogP contribution in [0.3, 0.4) is 0 Å². The van der Waals surface area contributed by atoms with E-state index >= 15 is 0 Å². The summed E-state index contributed by atoms with van der Waals surface area (Å²) in [6, 6.07) is 14.8. The maximum absolute atomic E-state index is 11.9. The molecule has 22 heavy (non-hydrogen) atoms. The average molecular weight is 359 g/mol. The van der Waals surface area contributed by atoms with Crippen molar-refractivity contribution >= 4 is 27.5 Å². The van der Waals surface area contributed by atoms with Crippen LogP contribution in [-0.4, -0.2) is 21.7 Å². The van der Waals surface area contributed by atoms with Gasteiger partial charge >= 0.3 is 0 Å². The smallest absolute Gasteiger partial charge is 0.240 e. The first kappa shape index (κ1) is 14.8. The van der Waals surface area contributed by atoms with E-state index in [9.17, 15) is 9.90 Å². The van der Waals surface area contributed by atoms with Crippen molar-refractivity contribution in [3.8, 4) is 5.75 Å². The third kappa shape index (κ3) is 2.76. The molecule has 1 amide bonds. The number of rotatable bonds is 2. The number of para-hydroxylation sites is 1. The van der Waals surface area contributed by atoms with Crippen molar-refractivity contribution in [3.05, 3.63) is 64.1 Å². The van der Waals surface area contributed by atoms with Crippen LogP contribution in [0.1, 0.15) is 30.5 Å². The molecule has 1 unspecified atom stereocenters. The summed E-state index contributed by atoms with van der Waals surface area (Å²) in [6.45, 7) is 1.50. The summed E-state index contributed by atoms with van der Waals surface area (Å²) in [4.78, 5) is 11.9. The molecule has 1 atom stereocenters. The highest BCUT2D eigenvalue weighted by molar-refractivity contribution is 9.10. The summed E-state index contributed by atoms with van der Waals surface area (Å²) in [7, 11) is 0. The minimum Gasteiger partial charge on any atom is -0.507 e. The van der Waals surface area contributed by atoms with E-state index < -0.39 is 0 Å². The van der Waals surface area contributed by atoms with Crippen LogP contribution in [0, 0.1) is 0 Å². The second-order valence-electron chi connectivity index (χ2n) is 5.20. The third-order valence-electron chi connectivity index (χ3n) is 3.68. The summed E-state index contributed by atoms with van der Waals surface area (Å²) in [5, 5.41) is 15.9. The summed E-state index contributed by atoms with van der Waals surface area (Å²) >= 11 is 3.46. The second-order valence-corrected chi connectivity index (χ2v) is 6.12. The van der Waals surface area contributed by atoms with Crippen LogP contribution in [0.4, 0.5) is 0 Å². The van der Waals surface area contributed by atoms with E-state index in [4.69, 9.17) is 0 Å². The Morgan fingerprint density at radius 2 is 2.05 bits per heavy atom. The third-order valence-corrected chi connectivity index (χ3v) is 4.17. The quantitative estimate of drug-likeness (QED) is 0.886. The molecule has 2 aromatic carbocycles. The lowest BCUT2D eigenvalue weighted by Gasteiger charge is -2.20. The Morgan fingerprint density at radius 3 is 2.73 bits per heavy atom. The highest BCUT2D eigenvalue weighted by atomic mass is 79.9. The number of benzene rings is 2. The summed E-state index contributed by atoms with van der Waals surface area (Å²) in [5.74, 6) is 0.0649. The molecular weight excluding hydrogens is 344 g/mol. The zero-order valence-electron chi connectivity index (χ0n) is 12.0. The Bertz CT molecular complexity index is 758. The molecule has 4 nitrogen and oxygen atoms in total. The van der Waals surface area contributed by atoms with Gasteiger partial charge in [0.2, 0.25) is 5.91 Å². The molecule has 1 heterocycles. The Kier molecular flexibility index (Phi) is 3.98. The van der Waals surface area contributed by atoms with Gasteiger partial charge in [-0.15, -0.1) is 0 Å². The molecule has 0 radical (unpaired) electrons. The van der Waals surface area contributed by atoms with Crippen molar-refractivity contribution in [1.82, 2.24) is 5.01 Å². The summed E-state index contributed by atoms with van der Waals surface area (Å²) in [6.07, 6.45) is 0.577. The van der Waals surface area contributed by atoms with Crippen LogP contribution in [0.2, 0.25) is 0 Å². The average Bonchev–Trinajstić information content (AvgIpc) is 2.93. The largest absolute Gasteiger partial charge is 0.507 e. The summed E-state index contributed by atoms with van der Waals surface area (Å²) < 4.78 is 0.963. The fourth-order valence-electron chi connectivity index (χ4n) is 2.65. The normalized spacial score (nSPS) is 17.5. The van der Waals surface area contributed by atoms with Crippen LogP contribution in [0.15, 0.2) is 58.1 Å². The molecule has 1 aliphatic rings. The Hall–Kier alpha value is -2.14. The van der Waals surface area contributed by atoms with Gasteiger partial charge in [0.05, 0.1) is 11.8 Å². The van der Waals surface area contributed by atoms with Gasteiger partial charge in [-0.1, -0.05) is 40.2 Å². The number of aromatic hydroxyl groups is 1. The number of nitrogens with zero attached hydrogens (tertiary/aromatic N) is 2. The molecule has 0 spiro atoms. The standard InChI is InChI=1S/C17H15BrN2O2/c1-11(21)20-16(12-5-4-6-13(18)9-12)10-15(19-20)14-7-2-3-8-17(14)22/h2-9,16,22H,10H2,1H3. The van der Waals surface area contributed by atoms with Gasteiger partial charge in [-0.25, -0.2) is 5.01 Å². The number of hydrazone groups is 1. The van der Waals surface area contributed by atoms with Crippen molar-refractivity contribution in [2.24, 2.45) is 5.10 Å². The monoisotopic (exact) mass is 358 g/mol. The molecule has 112 valence electrons. The second kappa shape index (κ2) is 5.93. The molecule has 2 aromatic rings. The molecule has 1 N–H and O–H groups in total. The van der Waals surface area contributed by atoms with Crippen molar-refractivity contribution in [2.45, 2.75) is 19.4 Å². The van der Waals surface area contributed by atoms with Gasteiger partial charge in [0, 0.05) is 23.4 Å². The number of halogens is 1. The summed E-state index contributed by atoms with van der Waals surface area (Å²) in [5.41, 5.74) is 2.41. The van der Waals surface area contributed by atoms with Crippen LogP contribution in [-0.2, 0) is 4.79 Å². The van der Waals surface area contributed by atoms with Crippen LogP contribution in [0.25, 0.3) is 0 Å². The lowest BCUT2D eigenvalue weighted by atomic mass is 9.98. The van der Waals surface area contributed by atoms with Gasteiger partial charge in [0.15, 0.2) is 0 Å². The molecule has 0 aliphatic carbocycles. The van der Waals surface area contributed by atoms with Gasteiger partial charge in [-0.2, -0.15) is 5.10 Å². The molecule has 3 rings (SSSR count). The number of carbonyl (C=O) groups is 1. The first-order valence-corrected chi connectivity index (χ1v) is 7.76. The van der Waals surface area contributed by atoms with Crippen molar-refractivity contribution in [3.63, 3.8) is 0 Å². The highest BCUT2D eigenvalue weighted by Gasteiger charge is 2.32. The van der Waals surface area contributed by atoms with Crippen LogP contribution in [0.5, 0.6) is 5.75 Å². The molecule has 0 fully saturated rings. The first-order valence-electron chi connectivity index (χ1n) is 6.97. The van der Waals surface area contributed by atoms with E-state index in [0.717, 1.165) is 15.7 Å². The molecule has 5 heteroatoms. The molecule has 0 aromatic heterocycles. The van der Waals surface area contributed by atoms with E-state index in [0.29, 0.717) is 12.0 Å². The molecule has 0 bridgehead atoms. The maximum Gasteiger partial charge on any atom is 0.240 e. The Balaban J connectivity index is 1.99. The van der Waals surface area contributed by atoms with E-state index in [2.05, 4.69) is 21.0 Å². The molecule has 1 aliphatic heterocycles. The van der Waals surface area contributed by atoms with Crippen molar-refractivity contribution in [2.75, 3.05) is 0 Å². The zero-order chi connectivity index (χ0) is 15.7. The van der Waals surface area contributed by atoms with Crippen molar-refractivity contribution in [1.29, 1.82) is 0 Å². The van der Waals surface area contributed by atoms with Crippen molar-refractivity contribution < 1.29 is 9.90 Å². The van der Waals surface area contributed by atoms with E-state index in [-0.39, 0.29) is 17.7 Å². The van der Waals surface area contributed by atoms with E-state index in [1.807, 2.05) is 36.4 Å². The number of hydrogen-bond donors (Lipinski definition) is 1. The predicted molar refractivity (Wildman–Crippen MR) is 88.7 cm³/mol. The number of amides is 1. The van der Waals surface area contributed by atoms with E-state index in [1.54, 1.807) is 12.1 Å². The predicted octanol–water partition coefficient (Wildman–Crippen LogP) is 3.85. The zero-order valence-corrected chi connectivity index (χ0v) is 13.6.